The Hall–Kier alpha value is -3.84. The number of aryl methyl sites for hydroxylation is 2. The number of nitrogens with zero attached hydrogens (tertiary/aromatic N) is 3. The summed E-state index contributed by atoms with van der Waals surface area (Å²) in [5.74, 6) is 0. The van der Waals surface area contributed by atoms with Crippen molar-refractivity contribution < 1.29 is 0 Å². The number of aromatic nitrogens is 3. The third-order valence-electron chi connectivity index (χ3n) is 6.48. The number of thiophene rings is 1. The highest BCUT2D eigenvalue weighted by atomic mass is 32.1. The van der Waals surface area contributed by atoms with Crippen LogP contribution in [-0.2, 0) is 14.1 Å². The molecule has 0 radical (unpaired) electrons. The Morgan fingerprint density at radius 1 is 0.909 bits per heavy atom. The maximum absolute atomic E-state index is 13.6. The molecular weight excluding hydrogens is 432 g/mol. The van der Waals surface area contributed by atoms with Gasteiger partial charge < -0.3 is 9.88 Å². The molecule has 0 saturated carbocycles. The SMILES string of the molecule is Cc1ccc(-c2c3c(=O)n(C)c(=O)n(C)c3c3n2-c2ccccc2NC3c2cccs2)cc1. The van der Waals surface area contributed by atoms with Gasteiger partial charge in [-0.3, -0.25) is 13.9 Å². The lowest BCUT2D eigenvalue weighted by Gasteiger charge is -2.30. The fourth-order valence-electron chi connectivity index (χ4n) is 4.87. The van der Waals surface area contributed by atoms with E-state index < -0.39 is 0 Å². The second kappa shape index (κ2) is 7.08. The molecule has 1 unspecified atom stereocenters. The van der Waals surface area contributed by atoms with Crippen LogP contribution < -0.4 is 16.6 Å². The Labute approximate surface area is 194 Å². The van der Waals surface area contributed by atoms with E-state index in [4.69, 9.17) is 0 Å². The molecule has 0 aliphatic carbocycles. The number of anilines is 1. The van der Waals surface area contributed by atoms with Crippen molar-refractivity contribution in [2.75, 3.05) is 5.32 Å². The molecule has 6 rings (SSSR count). The van der Waals surface area contributed by atoms with Crippen molar-refractivity contribution in [3.63, 3.8) is 0 Å². The summed E-state index contributed by atoms with van der Waals surface area (Å²) in [4.78, 5) is 27.7. The summed E-state index contributed by atoms with van der Waals surface area (Å²) in [6.45, 7) is 2.05. The highest BCUT2D eigenvalue weighted by Gasteiger charge is 2.34. The normalized spacial score (nSPS) is 14.7. The fourth-order valence-corrected chi connectivity index (χ4v) is 5.65. The highest BCUT2D eigenvalue weighted by molar-refractivity contribution is 7.10. The molecule has 4 heterocycles. The molecular formula is C26H22N4O2S. The van der Waals surface area contributed by atoms with E-state index >= 15 is 0 Å². The van der Waals surface area contributed by atoms with Gasteiger partial charge in [0.05, 0.1) is 33.7 Å². The lowest BCUT2D eigenvalue weighted by Crippen LogP contribution is -2.37. The fraction of sp³-hybridized carbons (Fsp3) is 0.154. The van der Waals surface area contributed by atoms with Crippen molar-refractivity contribution in [2.24, 2.45) is 14.1 Å². The Bertz CT molecular complexity index is 1650. The van der Waals surface area contributed by atoms with E-state index in [9.17, 15) is 9.59 Å². The topological polar surface area (TPSA) is 61.0 Å². The monoisotopic (exact) mass is 454 g/mol. The molecule has 0 spiro atoms. The van der Waals surface area contributed by atoms with Gasteiger partial charge in [0, 0.05) is 19.0 Å². The van der Waals surface area contributed by atoms with E-state index in [2.05, 4.69) is 40.2 Å². The van der Waals surface area contributed by atoms with Gasteiger partial charge in [-0.05, 0) is 36.1 Å². The van der Waals surface area contributed by atoms with E-state index in [1.54, 1.807) is 30.0 Å². The number of hydrogen-bond acceptors (Lipinski definition) is 4. The number of hydrogen-bond donors (Lipinski definition) is 1. The van der Waals surface area contributed by atoms with Crippen LogP contribution in [0.25, 0.3) is 27.8 Å². The van der Waals surface area contributed by atoms with Gasteiger partial charge in [-0.15, -0.1) is 11.3 Å². The van der Waals surface area contributed by atoms with Crippen LogP contribution in [0.5, 0.6) is 0 Å². The van der Waals surface area contributed by atoms with Crippen molar-refractivity contribution in [2.45, 2.75) is 13.0 Å². The number of para-hydroxylation sites is 2. The van der Waals surface area contributed by atoms with Crippen LogP contribution >= 0.6 is 11.3 Å². The van der Waals surface area contributed by atoms with Crippen LogP contribution in [0.4, 0.5) is 5.69 Å². The van der Waals surface area contributed by atoms with Gasteiger partial charge in [0.25, 0.3) is 5.56 Å². The zero-order chi connectivity index (χ0) is 22.9. The lowest BCUT2D eigenvalue weighted by atomic mass is 10.1. The minimum atomic E-state index is -0.333. The van der Waals surface area contributed by atoms with Gasteiger partial charge >= 0.3 is 5.69 Å². The van der Waals surface area contributed by atoms with Gasteiger partial charge in [0.1, 0.15) is 6.04 Å². The van der Waals surface area contributed by atoms with Gasteiger partial charge in [-0.1, -0.05) is 48.0 Å². The van der Waals surface area contributed by atoms with Crippen LogP contribution in [0, 0.1) is 6.92 Å². The van der Waals surface area contributed by atoms with Crippen molar-refractivity contribution in [3.05, 3.63) is 103 Å². The summed E-state index contributed by atoms with van der Waals surface area (Å²) in [7, 11) is 3.29. The Kier molecular flexibility index (Phi) is 4.25. The van der Waals surface area contributed by atoms with Crippen molar-refractivity contribution in [3.8, 4) is 16.9 Å². The minimum Gasteiger partial charge on any atom is -0.370 e. The zero-order valence-corrected chi connectivity index (χ0v) is 19.3. The number of fused-ring (bicyclic) bond motifs is 5. The quantitative estimate of drug-likeness (QED) is 0.425. The molecule has 164 valence electrons. The van der Waals surface area contributed by atoms with Gasteiger partial charge in [0.2, 0.25) is 0 Å². The average molecular weight is 455 g/mol. The van der Waals surface area contributed by atoms with Crippen LogP contribution in [0.2, 0.25) is 0 Å². The summed E-state index contributed by atoms with van der Waals surface area (Å²) in [5.41, 5.74) is 5.79. The summed E-state index contributed by atoms with van der Waals surface area (Å²) in [6, 6.07) is 20.2. The third-order valence-corrected chi connectivity index (χ3v) is 7.42. The van der Waals surface area contributed by atoms with Crippen LogP contribution in [-0.4, -0.2) is 13.7 Å². The predicted molar refractivity (Wildman–Crippen MR) is 134 cm³/mol. The Morgan fingerprint density at radius 2 is 1.67 bits per heavy atom. The minimum absolute atomic E-state index is 0.195. The first-order valence-electron chi connectivity index (χ1n) is 10.8. The standard InChI is InChI=1S/C26H22N4O2S/c1-15-10-12-16(13-11-15)22-20-23(28(2)26(32)29(3)25(20)31)24-21(19-9-6-14-33-19)27-17-7-4-5-8-18(17)30(22)24/h4-14,21,27H,1-3H3. The van der Waals surface area contributed by atoms with E-state index in [1.807, 2.05) is 42.6 Å². The molecule has 1 atom stereocenters. The van der Waals surface area contributed by atoms with E-state index in [0.717, 1.165) is 38.8 Å². The summed E-state index contributed by atoms with van der Waals surface area (Å²) < 4.78 is 4.98. The largest absolute Gasteiger partial charge is 0.370 e. The number of nitrogens with one attached hydrogen (secondary N) is 1. The molecule has 7 heteroatoms. The zero-order valence-electron chi connectivity index (χ0n) is 18.5. The molecule has 33 heavy (non-hydrogen) atoms. The van der Waals surface area contributed by atoms with Crippen molar-refractivity contribution >= 4 is 27.9 Å². The summed E-state index contributed by atoms with van der Waals surface area (Å²) >= 11 is 1.65. The van der Waals surface area contributed by atoms with E-state index in [1.165, 1.54) is 4.57 Å². The molecule has 3 aromatic heterocycles. The predicted octanol–water partition coefficient (Wildman–Crippen LogP) is 4.58. The van der Waals surface area contributed by atoms with Gasteiger partial charge in [-0.2, -0.15) is 0 Å². The maximum Gasteiger partial charge on any atom is 0.331 e. The second-order valence-electron chi connectivity index (χ2n) is 8.47. The molecule has 1 N–H and O–H groups in total. The molecule has 0 amide bonds. The maximum atomic E-state index is 13.6. The first-order valence-corrected chi connectivity index (χ1v) is 11.7. The van der Waals surface area contributed by atoms with Crippen LogP contribution in [0.3, 0.4) is 0 Å². The molecule has 6 nitrogen and oxygen atoms in total. The van der Waals surface area contributed by atoms with Crippen LogP contribution in [0.15, 0.2) is 75.6 Å². The smallest absolute Gasteiger partial charge is 0.331 e. The average Bonchev–Trinajstić information content (AvgIpc) is 3.48. The lowest BCUT2D eigenvalue weighted by molar-refractivity contribution is 0.709. The first-order chi connectivity index (χ1) is 16.0. The summed E-state index contributed by atoms with van der Waals surface area (Å²) in [5, 5.41) is 6.27. The molecule has 1 aliphatic rings. The third kappa shape index (κ3) is 2.72. The van der Waals surface area contributed by atoms with Gasteiger partial charge in [-0.25, -0.2) is 4.79 Å². The van der Waals surface area contributed by atoms with Gasteiger partial charge in [0.15, 0.2) is 0 Å². The number of rotatable bonds is 2. The molecule has 0 fully saturated rings. The molecule has 1 aliphatic heterocycles. The second-order valence-corrected chi connectivity index (χ2v) is 9.45. The molecule has 0 saturated heterocycles. The molecule has 0 bridgehead atoms. The van der Waals surface area contributed by atoms with E-state index in [-0.39, 0.29) is 17.3 Å². The summed E-state index contributed by atoms with van der Waals surface area (Å²) in [6.07, 6.45) is 0. The van der Waals surface area contributed by atoms with Crippen molar-refractivity contribution in [1.82, 2.24) is 13.7 Å². The van der Waals surface area contributed by atoms with Crippen LogP contribution in [0.1, 0.15) is 22.2 Å². The molecule has 2 aromatic carbocycles. The Balaban J connectivity index is 1.88. The highest BCUT2D eigenvalue weighted by Crippen LogP contribution is 2.46. The van der Waals surface area contributed by atoms with E-state index in [0.29, 0.717) is 10.9 Å². The Morgan fingerprint density at radius 3 is 2.39 bits per heavy atom. The number of benzene rings is 2. The van der Waals surface area contributed by atoms with Crippen molar-refractivity contribution in [1.29, 1.82) is 0 Å². The first kappa shape index (κ1) is 19.8. The molecule has 5 aromatic rings.